The number of nitrogens with zero attached hydrogens (tertiary/aromatic N) is 2. The van der Waals surface area contributed by atoms with Crippen molar-refractivity contribution in [2.75, 3.05) is 6.61 Å². The first-order valence-corrected chi connectivity index (χ1v) is 7.82. The van der Waals surface area contributed by atoms with E-state index in [1.165, 1.54) is 18.2 Å². The Kier molecular flexibility index (Phi) is 5.07. The molecule has 138 valence electrons. The van der Waals surface area contributed by atoms with E-state index in [9.17, 15) is 22.8 Å². The fourth-order valence-electron chi connectivity index (χ4n) is 2.34. The van der Waals surface area contributed by atoms with Crippen molar-refractivity contribution in [3.63, 3.8) is 0 Å². The molecule has 0 spiro atoms. The van der Waals surface area contributed by atoms with Crippen molar-refractivity contribution in [3.8, 4) is 5.69 Å². The zero-order valence-corrected chi connectivity index (χ0v) is 13.8. The lowest BCUT2D eigenvalue weighted by Crippen LogP contribution is -2.15. The van der Waals surface area contributed by atoms with Crippen LogP contribution in [0.25, 0.3) is 5.69 Å². The van der Waals surface area contributed by atoms with Gasteiger partial charge in [0.2, 0.25) is 0 Å². The van der Waals surface area contributed by atoms with E-state index in [-0.39, 0.29) is 11.1 Å². The molecule has 0 saturated heterocycles. The molecule has 0 aliphatic rings. The molecule has 0 aliphatic carbocycles. The summed E-state index contributed by atoms with van der Waals surface area (Å²) in [5.41, 5.74) is -0.167. The van der Waals surface area contributed by atoms with Crippen LogP contribution in [-0.4, -0.2) is 28.1 Å². The molecule has 1 heterocycles. The lowest BCUT2D eigenvalue weighted by atomic mass is 10.1. The van der Waals surface area contributed by atoms with Crippen LogP contribution in [0.5, 0.6) is 0 Å². The molecule has 8 heteroatoms. The molecule has 0 saturated carbocycles. The Balaban J connectivity index is 1.63. The number of hydrogen-bond donors (Lipinski definition) is 0. The van der Waals surface area contributed by atoms with Crippen molar-refractivity contribution >= 4 is 11.8 Å². The predicted octanol–water partition coefficient (Wildman–Crippen LogP) is 3.93. The monoisotopic (exact) mass is 374 g/mol. The second-order valence-electron chi connectivity index (χ2n) is 5.58. The summed E-state index contributed by atoms with van der Waals surface area (Å²) in [7, 11) is 0. The molecule has 0 unspecified atom stereocenters. The van der Waals surface area contributed by atoms with E-state index in [1.54, 1.807) is 35.3 Å². The Labute approximate surface area is 152 Å². The fourth-order valence-corrected chi connectivity index (χ4v) is 2.34. The van der Waals surface area contributed by atoms with Crippen LogP contribution in [0.4, 0.5) is 13.2 Å². The van der Waals surface area contributed by atoms with Crippen LogP contribution >= 0.6 is 0 Å². The van der Waals surface area contributed by atoms with Gasteiger partial charge in [-0.15, -0.1) is 0 Å². The number of carbonyl (C=O) groups is 2. The third kappa shape index (κ3) is 4.41. The number of rotatable bonds is 5. The smallest absolute Gasteiger partial charge is 0.416 e. The molecule has 0 atom stereocenters. The van der Waals surface area contributed by atoms with Crippen LogP contribution in [-0.2, 0) is 10.9 Å². The highest BCUT2D eigenvalue weighted by Gasteiger charge is 2.30. The first kappa shape index (κ1) is 18.4. The average Bonchev–Trinajstić information content (AvgIpc) is 3.20. The second kappa shape index (κ2) is 7.45. The summed E-state index contributed by atoms with van der Waals surface area (Å²) in [6, 6.07) is 12.0. The van der Waals surface area contributed by atoms with Gasteiger partial charge in [-0.3, -0.25) is 4.79 Å². The highest BCUT2D eigenvalue weighted by atomic mass is 19.4. The summed E-state index contributed by atoms with van der Waals surface area (Å²) < 4.78 is 44.6. The lowest BCUT2D eigenvalue weighted by Gasteiger charge is -2.09. The topological polar surface area (TPSA) is 61.2 Å². The minimum absolute atomic E-state index is 0.174. The molecular formula is C19H13F3N2O3. The number of aromatic nitrogens is 2. The SMILES string of the molecule is O=C(COC(=O)c1ccc(-n2cccn2)cc1)c1cccc(C(F)(F)F)c1. The Bertz CT molecular complexity index is 949. The Hall–Kier alpha value is -3.42. The van der Waals surface area contributed by atoms with Crippen molar-refractivity contribution in [2.24, 2.45) is 0 Å². The standard InChI is InChI=1S/C19H13F3N2O3/c20-19(21,22)15-4-1-3-14(11-15)17(25)12-27-18(26)13-5-7-16(8-6-13)24-10-2-9-23-24/h1-11H,12H2. The van der Waals surface area contributed by atoms with Gasteiger partial charge in [-0.2, -0.15) is 18.3 Å². The summed E-state index contributed by atoms with van der Waals surface area (Å²) in [5.74, 6) is -1.47. The minimum Gasteiger partial charge on any atom is -0.454 e. The number of halogens is 3. The maximum absolute atomic E-state index is 12.7. The van der Waals surface area contributed by atoms with E-state index in [0.717, 1.165) is 23.9 Å². The Morgan fingerprint density at radius 3 is 2.37 bits per heavy atom. The number of carbonyl (C=O) groups excluding carboxylic acids is 2. The zero-order valence-electron chi connectivity index (χ0n) is 13.8. The fraction of sp³-hybridized carbons (Fsp3) is 0.105. The minimum atomic E-state index is -4.55. The number of esters is 1. The Morgan fingerprint density at radius 2 is 1.74 bits per heavy atom. The van der Waals surface area contributed by atoms with E-state index >= 15 is 0 Å². The summed E-state index contributed by atoms with van der Waals surface area (Å²) in [4.78, 5) is 24.0. The quantitative estimate of drug-likeness (QED) is 0.502. The van der Waals surface area contributed by atoms with E-state index in [0.29, 0.717) is 0 Å². The lowest BCUT2D eigenvalue weighted by molar-refractivity contribution is -0.137. The number of ketones is 1. The first-order chi connectivity index (χ1) is 12.8. The summed E-state index contributed by atoms with van der Waals surface area (Å²) in [6.45, 7) is -0.652. The van der Waals surface area contributed by atoms with Gasteiger partial charge in [0.05, 0.1) is 16.8 Å². The van der Waals surface area contributed by atoms with Crippen molar-refractivity contribution in [2.45, 2.75) is 6.18 Å². The Morgan fingerprint density at radius 1 is 1.00 bits per heavy atom. The highest BCUT2D eigenvalue weighted by Crippen LogP contribution is 2.29. The molecule has 0 bridgehead atoms. The zero-order chi connectivity index (χ0) is 19.4. The molecule has 27 heavy (non-hydrogen) atoms. The van der Waals surface area contributed by atoms with Gasteiger partial charge < -0.3 is 4.74 Å². The average molecular weight is 374 g/mol. The van der Waals surface area contributed by atoms with Gasteiger partial charge in [0, 0.05) is 18.0 Å². The van der Waals surface area contributed by atoms with Crippen LogP contribution < -0.4 is 0 Å². The van der Waals surface area contributed by atoms with Crippen molar-refractivity contribution in [1.29, 1.82) is 0 Å². The molecule has 5 nitrogen and oxygen atoms in total. The van der Waals surface area contributed by atoms with Gasteiger partial charge in [0.1, 0.15) is 0 Å². The van der Waals surface area contributed by atoms with Crippen LogP contribution in [0.1, 0.15) is 26.3 Å². The molecular weight excluding hydrogens is 361 g/mol. The normalized spacial score (nSPS) is 11.2. The number of benzene rings is 2. The predicted molar refractivity (Wildman–Crippen MR) is 89.6 cm³/mol. The maximum Gasteiger partial charge on any atom is 0.416 e. The molecule has 0 aliphatic heterocycles. The maximum atomic E-state index is 12.7. The molecule has 3 rings (SSSR count). The van der Waals surface area contributed by atoms with Gasteiger partial charge in [0.25, 0.3) is 0 Å². The van der Waals surface area contributed by atoms with Crippen molar-refractivity contribution < 1.29 is 27.5 Å². The molecule has 3 aromatic rings. The molecule has 0 fully saturated rings. The van der Waals surface area contributed by atoms with E-state index in [2.05, 4.69) is 5.10 Å². The van der Waals surface area contributed by atoms with E-state index in [4.69, 9.17) is 4.74 Å². The summed E-state index contributed by atoms with van der Waals surface area (Å²) >= 11 is 0. The number of alkyl halides is 3. The number of ether oxygens (including phenoxy) is 1. The molecule has 1 aromatic heterocycles. The highest BCUT2D eigenvalue weighted by molar-refractivity contribution is 5.99. The third-order valence-electron chi connectivity index (χ3n) is 3.72. The van der Waals surface area contributed by atoms with Gasteiger partial charge in [-0.1, -0.05) is 12.1 Å². The van der Waals surface area contributed by atoms with Gasteiger partial charge in [0.15, 0.2) is 12.4 Å². The number of Topliss-reactive ketones (excluding diaryl/α,β-unsaturated/α-hetero) is 1. The summed E-state index contributed by atoms with van der Waals surface area (Å²) in [5, 5.41) is 4.05. The van der Waals surface area contributed by atoms with Crippen LogP contribution in [0.3, 0.4) is 0 Å². The van der Waals surface area contributed by atoms with Crippen molar-refractivity contribution in [1.82, 2.24) is 9.78 Å². The second-order valence-corrected chi connectivity index (χ2v) is 5.58. The third-order valence-corrected chi connectivity index (χ3v) is 3.72. The van der Waals surface area contributed by atoms with Crippen LogP contribution in [0.15, 0.2) is 67.0 Å². The van der Waals surface area contributed by atoms with Crippen LogP contribution in [0.2, 0.25) is 0 Å². The van der Waals surface area contributed by atoms with Gasteiger partial charge in [-0.05, 0) is 42.5 Å². The van der Waals surface area contributed by atoms with Gasteiger partial charge >= 0.3 is 12.1 Å². The van der Waals surface area contributed by atoms with E-state index < -0.39 is 30.1 Å². The van der Waals surface area contributed by atoms with Crippen LogP contribution in [0, 0.1) is 0 Å². The first-order valence-electron chi connectivity index (χ1n) is 7.82. The molecule has 0 N–H and O–H groups in total. The number of hydrogen-bond acceptors (Lipinski definition) is 4. The van der Waals surface area contributed by atoms with Gasteiger partial charge in [-0.25, -0.2) is 9.48 Å². The summed E-state index contributed by atoms with van der Waals surface area (Å²) in [6.07, 6.45) is -1.20. The van der Waals surface area contributed by atoms with Crippen molar-refractivity contribution in [3.05, 3.63) is 83.7 Å². The molecule has 0 amide bonds. The largest absolute Gasteiger partial charge is 0.454 e. The molecule has 0 radical (unpaired) electrons. The van der Waals surface area contributed by atoms with E-state index in [1.807, 2.05) is 0 Å². The molecule has 2 aromatic carbocycles.